The van der Waals surface area contributed by atoms with Gasteiger partial charge in [-0.05, 0) is 31.2 Å². The molecule has 2 N–H and O–H groups in total. The fourth-order valence-electron chi connectivity index (χ4n) is 3.76. The Labute approximate surface area is 190 Å². The molecule has 1 heterocycles. The second kappa shape index (κ2) is 9.15. The van der Waals surface area contributed by atoms with Crippen molar-refractivity contribution in [2.24, 2.45) is 0 Å². The Morgan fingerprint density at radius 2 is 1.74 bits per heavy atom. The number of quaternary nitrogens is 1. The van der Waals surface area contributed by atoms with Crippen LogP contribution in [0.5, 0.6) is 5.75 Å². The van der Waals surface area contributed by atoms with E-state index in [1.807, 2.05) is 18.2 Å². The van der Waals surface area contributed by atoms with Crippen molar-refractivity contribution in [1.82, 2.24) is 0 Å². The predicted octanol–water partition coefficient (Wildman–Crippen LogP) is 5.08. The third kappa shape index (κ3) is 4.47. The Balaban J connectivity index is 1.75. The van der Waals surface area contributed by atoms with Crippen molar-refractivity contribution in [3.05, 3.63) is 98.3 Å². The number of rotatable bonds is 6. The first-order chi connectivity index (χ1) is 15.0. The zero-order valence-corrected chi connectivity index (χ0v) is 18.5. The van der Waals surface area contributed by atoms with Crippen LogP contribution in [0.3, 0.4) is 0 Å². The fraction of sp³-hybridized carbons (Fsp3) is 0.160. The van der Waals surface area contributed by atoms with Gasteiger partial charge in [0.05, 0.1) is 28.1 Å². The molecule has 0 aliphatic rings. The first-order valence-electron chi connectivity index (χ1n) is 10.1. The summed E-state index contributed by atoms with van der Waals surface area (Å²) in [5, 5.41) is 11.8. The molecule has 0 radical (unpaired) electrons. The Hall–Kier alpha value is -2.79. The summed E-state index contributed by atoms with van der Waals surface area (Å²) in [6, 6.07) is 18.3. The number of halogens is 2. The van der Waals surface area contributed by atoms with Crippen molar-refractivity contribution in [1.29, 1.82) is 0 Å². The smallest absolute Gasteiger partial charge is 0.200 e. The first kappa shape index (κ1) is 21.4. The van der Waals surface area contributed by atoms with E-state index in [4.69, 9.17) is 27.6 Å². The lowest BCUT2D eigenvalue weighted by Crippen LogP contribution is -3.09. The van der Waals surface area contributed by atoms with Gasteiger partial charge in [-0.2, -0.15) is 0 Å². The second-order valence-electron chi connectivity index (χ2n) is 7.49. The third-order valence-electron chi connectivity index (χ3n) is 5.46. The van der Waals surface area contributed by atoms with E-state index >= 15 is 0 Å². The number of benzene rings is 3. The lowest BCUT2D eigenvalue weighted by atomic mass is 10.0. The van der Waals surface area contributed by atoms with Gasteiger partial charge in [0.25, 0.3) is 0 Å². The molecule has 0 bridgehead atoms. The van der Waals surface area contributed by atoms with Crippen LogP contribution in [0.1, 0.15) is 18.1 Å². The molecule has 4 nitrogen and oxygen atoms in total. The minimum Gasteiger partial charge on any atom is -0.507 e. The molecule has 1 unspecified atom stereocenters. The summed E-state index contributed by atoms with van der Waals surface area (Å²) in [5.74, 6) is 0.118. The molecule has 1 aromatic heterocycles. The van der Waals surface area contributed by atoms with Crippen LogP contribution < -0.4 is 10.3 Å². The number of fused-ring (bicyclic) bond motifs is 1. The van der Waals surface area contributed by atoms with E-state index in [1.165, 1.54) is 16.7 Å². The van der Waals surface area contributed by atoms with E-state index in [0.717, 1.165) is 13.1 Å². The molecule has 0 saturated carbocycles. The Bertz CT molecular complexity index is 1290. The number of phenolic OH excluding ortho intramolecular Hbond substituents is 1. The van der Waals surface area contributed by atoms with E-state index in [-0.39, 0.29) is 11.2 Å². The molecule has 158 valence electrons. The second-order valence-corrected chi connectivity index (χ2v) is 8.33. The molecular weight excluding hydrogens is 433 g/mol. The van der Waals surface area contributed by atoms with Gasteiger partial charge in [0.15, 0.2) is 0 Å². The summed E-state index contributed by atoms with van der Waals surface area (Å²) in [7, 11) is 0. The average molecular weight is 455 g/mol. The van der Waals surface area contributed by atoms with Crippen molar-refractivity contribution in [3.63, 3.8) is 0 Å². The topological polar surface area (TPSA) is 54.9 Å². The van der Waals surface area contributed by atoms with Gasteiger partial charge in [-0.15, -0.1) is 0 Å². The van der Waals surface area contributed by atoms with Gasteiger partial charge in [-0.1, -0.05) is 59.6 Å². The van der Waals surface area contributed by atoms with E-state index < -0.39 is 0 Å². The Kier molecular flexibility index (Phi) is 6.33. The summed E-state index contributed by atoms with van der Waals surface area (Å²) in [6.07, 6.45) is 1.41. The van der Waals surface area contributed by atoms with Gasteiger partial charge in [0, 0.05) is 16.1 Å². The Morgan fingerprint density at radius 1 is 0.968 bits per heavy atom. The number of hydrogen-bond acceptors (Lipinski definition) is 3. The first-order valence-corrected chi connectivity index (χ1v) is 10.8. The third-order valence-corrected chi connectivity index (χ3v) is 6.01. The zero-order chi connectivity index (χ0) is 22.0. The molecule has 0 amide bonds. The standard InChI is InChI=1S/C25H21Cl2NO3/c1-2-28(13-16-6-4-3-5-7-16)14-20-23(29)11-10-19-24(30)21(15-31-25(19)20)18-9-8-17(26)12-22(18)27/h3-12,15,29H,2,13-14H2,1H3/p+1. The van der Waals surface area contributed by atoms with Gasteiger partial charge < -0.3 is 14.4 Å². The maximum absolute atomic E-state index is 13.2. The zero-order valence-electron chi connectivity index (χ0n) is 17.0. The minimum atomic E-state index is -0.201. The highest BCUT2D eigenvalue weighted by Crippen LogP contribution is 2.31. The molecule has 0 aliphatic carbocycles. The monoisotopic (exact) mass is 454 g/mol. The van der Waals surface area contributed by atoms with Crippen LogP contribution in [0, 0.1) is 0 Å². The summed E-state index contributed by atoms with van der Waals surface area (Å²) in [6.45, 7) is 4.28. The van der Waals surface area contributed by atoms with Crippen LogP contribution >= 0.6 is 23.2 Å². The summed E-state index contributed by atoms with van der Waals surface area (Å²) >= 11 is 12.3. The predicted molar refractivity (Wildman–Crippen MR) is 125 cm³/mol. The molecular formula is C25H22Cl2NO3+. The molecule has 1 atom stereocenters. The number of aromatic hydroxyl groups is 1. The highest BCUT2D eigenvalue weighted by atomic mass is 35.5. The van der Waals surface area contributed by atoms with Gasteiger partial charge >= 0.3 is 0 Å². The molecule has 0 saturated heterocycles. The molecule has 6 heteroatoms. The van der Waals surface area contributed by atoms with Gasteiger partial charge in [-0.3, -0.25) is 4.79 Å². The van der Waals surface area contributed by atoms with Gasteiger partial charge in [0.1, 0.15) is 30.7 Å². The minimum absolute atomic E-state index is 0.118. The largest absolute Gasteiger partial charge is 0.507 e. The molecule has 4 aromatic rings. The number of phenols is 1. The van der Waals surface area contributed by atoms with Crippen molar-refractivity contribution in [2.75, 3.05) is 6.54 Å². The molecule has 0 fully saturated rings. The molecule has 0 spiro atoms. The SMILES string of the molecule is CC[NH+](Cc1ccccc1)Cc1c(O)ccc2c(=O)c(-c3ccc(Cl)cc3Cl)coc12. The van der Waals surface area contributed by atoms with Crippen LogP contribution in [0.4, 0.5) is 0 Å². The maximum atomic E-state index is 13.2. The molecule has 0 aliphatic heterocycles. The van der Waals surface area contributed by atoms with Crippen LogP contribution in [0.2, 0.25) is 10.0 Å². The maximum Gasteiger partial charge on any atom is 0.200 e. The van der Waals surface area contributed by atoms with Crippen molar-refractivity contribution < 1.29 is 14.4 Å². The van der Waals surface area contributed by atoms with Gasteiger partial charge in [-0.25, -0.2) is 0 Å². The van der Waals surface area contributed by atoms with Crippen LogP contribution in [0.25, 0.3) is 22.1 Å². The lowest BCUT2D eigenvalue weighted by Gasteiger charge is -2.19. The normalized spacial score (nSPS) is 12.2. The van der Waals surface area contributed by atoms with Gasteiger partial charge in [0.2, 0.25) is 5.43 Å². The summed E-state index contributed by atoms with van der Waals surface area (Å²) in [4.78, 5) is 14.5. The van der Waals surface area contributed by atoms with Crippen LogP contribution in [-0.4, -0.2) is 11.7 Å². The highest BCUT2D eigenvalue weighted by Gasteiger charge is 2.20. The highest BCUT2D eigenvalue weighted by molar-refractivity contribution is 6.36. The Morgan fingerprint density at radius 3 is 2.45 bits per heavy atom. The summed E-state index contributed by atoms with van der Waals surface area (Å²) < 4.78 is 5.91. The molecule has 3 aromatic carbocycles. The van der Waals surface area contributed by atoms with Crippen LogP contribution in [-0.2, 0) is 13.1 Å². The molecule has 4 rings (SSSR count). The lowest BCUT2D eigenvalue weighted by molar-refractivity contribution is -0.925. The average Bonchev–Trinajstić information content (AvgIpc) is 2.76. The van der Waals surface area contributed by atoms with E-state index in [0.29, 0.717) is 44.2 Å². The molecule has 31 heavy (non-hydrogen) atoms. The quantitative estimate of drug-likeness (QED) is 0.427. The van der Waals surface area contributed by atoms with E-state index in [9.17, 15) is 9.90 Å². The van der Waals surface area contributed by atoms with Crippen molar-refractivity contribution in [3.8, 4) is 16.9 Å². The van der Waals surface area contributed by atoms with Crippen molar-refractivity contribution >= 4 is 34.2 Å². The van der Waals surface area contributed by atoms with Crippen LogP contribution in [0.15, 0.2) is 76.1 Å². The van der Waals surface area contributed by atoms with E-state index in [2.05, 4.69) is 19.1 Å². The summed E-state index contributed by atoms with van der Waals surface area (Å²) in [5.41, 5.74) is 2.94. The van der Waals surface area contributed by atoms with E-state index in [1.54, 1.807) is 30.3 Å². The number of nitrogens with one attached hydrogen (secondary N) is 1. The number of hydrogen-bond donors (Lipinski definition) is 2. The fourth-order valence-corrected chi connectivity index (χ4v) is 4.27. The van der Waals surface area contributed by atoms with Crippen molar-refractivity contribution in [2.45, 2.75) is 20.0 Å².